The molecule has 10 heteroatoms. The van der Waals surface area contributed by atoms with Crippen LogP contribution in [0.25, 0.3) is 11.2 Å². The van der Waals surface area contributed by atoms with E-state index < -0.39 is 0 Å². The monoisotopic (exact) mass is 433 g/mol. The van der Waals surface area contributed by atoms with Gasteiger partial charge in [0.1, 0.15) is 23.4 Å². The van der Waals surface area contributed by atoms with Gasteiger partial charge in [-0.2, -0.15) is 4.98 Å². The molecule has 164 valence electrons. The molecule has 1 aliphatic rings. The highest BCUT2D eigenvalue weighted by molar-refractivity contribution is 5.97. The predicted octanol–water partition coefficient (Wildman–Crippen LogP) is 2.53. The third-order valence-electron chi connectivity index (χ3n) is 5.71. The standard InChI is InChI=1S/C22H23N7O3/c1-14(31)17-10-15(6-7-19(17)32)27-11-20(23-13-27)24-21-18-5-3-9-29(18)26-22(25-21)28-8-2-4-16(28)12-30/h3,5-7,9-11,13,16,30,32H,2,4,8,12H2,1H3,(H,24,25,26)/t16-/m0/s1. The minimum Gasteiger partial charge on any atom is -0.507 e. The van der Waals surface area contributed by atoms with Crippen molar-refractivity contribution in [1.82, 2.24) is 24.1 Å². The molecular weight excluding hydrogens is 410 g/mol. The van der Waals surface area contributed by atoms with Crippen LogP contribution < -0.4 is 10.2 Å². The lowest BCUT2D eigenvalue weighted by Gasteiger charge is -2.23. The number of aliphatic hydroxyl groups excluding tert-OH is 1. The summed E-state index contributed by atoms with van der Waals surface area (Å²) in [5.41, 5.74) is 1.75. The Hall–Kier alpha value is -3.92. The molecule has 3 N–H and O–H groups in total. The normalized spacial score (nSPS) is 16.1. The summed E-state index contributed by atoms with van der Waals surface area (Å²) in [5, 5.41) is 27.4. The van der Waals surface area contributed by atoms with Crippen LogP contribution in [-0.2, 0) is 0 Å². The van der Waals surface area contributed by atoms with E-state index in [0.29, 0.717) is 23.3 Å². The van der Waals surface area contributed by atoms with Crippen molar-refractivity contribution in [3.63, 3.8) is 0 Å². The number of nitrogens with one attached hydrogen (secondary N) is 1. The first-order chi connectivity index (χ1) is 15.5. The first-order valence-corrected chi connectivity index (χ1v) is 10.4. The summed E-state index contributed by atoms with van der Waals surface area (Å²) >= 11 is 0. The molecule has 0 amide bonds. The van der Waals surface area contributed by atoms with Crippen molar-refractivity contribution in [3.8, 4) is 11.4 Å². The van der Waals surface area contributed by atoms with Gasteiger partial charge in [-0.1, -0.05) is 0 Å². The molecule has 0 saturated carbocycles. The SMILES string of the molecule is CC(=O)c1cc(-n2cnc(Nc3nc(N4CCC[C@H]4CO)nn4cccc34)c2)ccc1O. The molecule has 3 aromatic heterocycles. The number of ketones is 1. The zero-order chi connectivity index (χ0) is 22.2. The lowest BCUT2D eigenvalue weighted by atomic mass is 10.1. The molecule has 0 bridgehead atoms. The third kappa shape index (κ3) is 3.54. The Labute approximate surface area is 183 Å². The summed E-state index contributed by atoms with van der Waals surface area (Å²) in [5.74, 6) is 1.46. The molecule has 0 aliphatic carbocycles. The molecule has 1 aliphatic heterocycles. The van der Waals surface area contributed by atoms with Gasteiger partial charge in [0.2, 0.25) is 5.95 Å². The number of aliphatic hydroxyl groups is 1. The highest BCUT2D eigenvalue weighted by atomic mass is 16.3. The average Bonchev–Trinajstić information content (AvgIpc) is 3.54. The van der Waals surface area contributed by atoms with Crippen LogP contribution >= 0.6 is 0 Å². The largest absolute Gasteiger partial charge is 0.507 e. The molecule has 0 spiro atoms. The number of phenolic OH excluding ortho intramolecular Hbond substituents is 1. The first kappa shape index (κ1) is 20.0. The minimum absolute atomic E-state index is 0.0139. The smallest absolute Gasteiger partial charge is 0.245 e. The molecule has 0 radical (unpaired) electrons. The van der Waals surface area contributed by atoms with Crippen molar-refractivity contribution in [3.05, 3.63) is 54.6 Å². The van der Waals surface area contributed by atoms with Gasteiger partial charge < -0.3 is 25.0 Å². The van der Waals surface area contributed by atoms with Crippen molar-refractivity contribution >= 4 is 28.9 Å². The number of hydrogen-bond donors (Lipinski definition) is 3. The van der Waals surface area contributed by atoms with Gasteiger partial charge in [-0.15, -0.1) is 5.10 Å². The minimum atomic E-state index is -0.213. The van der Waals surface area contributed by atoms with Gasteiger partial charge in [-0.3, -0.25) is 4.79 Å². The maximum atomic E-state index is 11.7. The highest BCUT2D eigenvalue weighted by Gasteiger charge is 2.27. The zero-order valence-electron chi connectivity index (χ0n) is 17.5. The Morgan fingerprint density at radius 1 is 1.31 bits per heavy atom. The maximum Gasteiger partial charge on any atom is 0.245 e. The average molecular weight is 433 g/mol. The summed E-state index contributed by atoms with van der Waals surface area (Å²) in [7, 11) is 0. The lowest BCUT2D eigenvalue weighted by Crippen LogP contribution is -2.34. The Morgan fingerprint density at radius 2 is 2.19 bits per heavy atom. The second-order valence-corrected chi connectivity index (χ2v) is 7.82. The van der Waals surface area contributed by atoms with Crippen LogP contribution in [0.4, 0.5) is 17.6 Å². The van der Waals surface area contributed by atoms with E-state index >= 15 is 0 Å². The van der Waals surface area contributed by atoms with Crippen LogP contribution in [0.3, 0.4) is 0 Å². The number of carbonyl (C=O) groups excluding carboxylic acids is 1. The van der Waals surface area contributed by atoms with E-state index in [0.717, 1.165) is 24.9 Å². The molecule has 5 rings (SSSR count). The molecule has 1 fully saturated rings. The van der Waals surface area contributed by atoms with Crippen molar-refractivity contribution in [2.75, 3.05) is 23.4 Å². The Balaban J connectivity index is 1.47. The number of aromatic nitrogens is 5. The predicted molar refractivity (Wildman–Crippen MR) is 119 cm³/mol. The quantitative estimate of drug-likeness (QED) is 0.397. The van der Waals surface area contributed by atoms with Crippen LogP contribution in [0.2, 0.25) is 0 Å². The zero-order valence-corrected chi connectivity index (χ0v) is 17.5. The Morgan fingerprint density at radius 3 is 3.00 bits per heavy atom. The summed E-state index contributed by atoms with van der Waals surface area (Å²) in [4.78, 5) is 22.9. The molecule has 4 aromatic rings. The summed E-state index contributed by atoms with van der Waals surface area (Å²) in [6, 6.07) is 8.65. The number of nitrogens with zero attached hydrogens (tertiary/aromatic N) is 6. The number of anilines is 3. The number of imidazole rings is 1. The first-order valence-electron chi connectivity index (χ1n) is 10.4. The fourth-order valence-electron chi connectivity index (χ4n) is 4.04. The van der Waals surface area contributed by atoms with Crippen LogP contribution in [0, 0.1) is 0 Å². The Bertz CT molecular complexity index is 1300. The van der Waals surface area contributed by atoms with Crippen molar-refractivity contribution in [2.45, 2.75) is 25.8 Å². The summed E-state index contributed by atoms with van der Waals surface area (Å²) < 4.78 is 3.52. The molecule has 1 saturated heterocycles. The second kappa shape index (κ2) is 7.97. The van der Waals surface area contributed by atoms with E-state index in [9.17, 15) is 15.0 Å². The lowest BCUT2D eigenvalue weighted by molar-refractivity contribution is 0.101. The fraction of sp³-hybridized carbons (Fsp3) is 0.273. The van der Waals surface area contributed by atoms with Gasteiger partial charge >= 0.3 is 0 Å². The summed E-state index contributed by atoms with van der Waals surface area (Å²) in [6.07, 6.45) is 7.16. The Kier molecular flexibility index (Phi) is 4.98. The number of phenols is 1. The topological polar surface area (TPSA) is 121 Å². The molecule has 1 aromatic carbocycles. The van der Waals surface area contributed by atoms with Gasteiger partial charge in [-0.05, 0) is 50.1 Å². The molecule has 1 atom stereocenters. The summed E-state index contributed by atoms with van der Waals surface area (Å²) in [6.45, 7) is 2.28. The number of fused-ring (bicyclic) bond motifs is 1. The molecule has 32 heavy (non-hydrogen) atoms. The van der Waals surface area contributed by atoms with E-state index in [4.69, 9.17) is 4.98 Å². The van der Waals surface area contributed by atoms with Gasteiger partial charge in [-0.25, -0.2) is 9.50 Å². The number of aromatic hydroxyl groups is 1. The highest BCUT2D eigenvalue weighted by Crippen LogP contribution is 2.27. The maximum absolute atomic E-state index is 11.7. The van der Waals surface area contributed by atoms with Gasteiger partial charge in [0.25, 0.3) is 0 Å². The van der Waals surface area contributed by atoms with Crippen molar-refractivity contribution in [2.24, 2.45) is 0 Å². The molecule has 0 unspecified atom stereocenters. The van der Waals surface area contributed by atoms with Crippen LogP contribution in [0.5, 0.6) is 5.75 Å². The molecular formula is C22H23N7O3. The third-order valence-corrected chi connectivity index (χ3v) is 5.71. The van der Waals surface area contributed by atoms with Gasteiger partial charge in [0, 0.05) is 18.4 Å². The van der Waals surface area contributed by atoms with Crippen LogP contribution in [0.1, 0.15) is 30.1 Å². The van der Waals surface area contributed by atoms with Gasteiger partial charge in [0.15, 0.2) is 11.6 Å². The van der Waals surface area contributed by atoms with Gasteiger partial charge in [0.05, 0.1) is 24.4 Å². The molecule has 10 nitrogen and oxygen atoms in total. The van der Waals surface area contributed by atoms with E-state index in [1.807, 2.05) is 23.2 Å². The van der Waals surface area contributed by atoms with Crippen molar-refractivity contribution < 1.29 is 15.0 Å². The van der Waals surface area contributed by atoms with Crippen LogP contribution in [-0.4, -0.2) is 59.3 Å². The van der Waals surface area contributed by atoms with Crippen molar-refractivity contribution in [1.29, 1.82) is 0 Å². The van der Waals surface area contributed by atoms with E-state index in [-0.39, 0.29) is 29.7 Å². The van der Waals surface area contributed by atoms with E-state index in [1.54, 1.807) is 33.7 Å². The van der Waals surface area contributed by atoms with Crippen LogP contribution in [0.15, 0.2) is 49.1 Å². The number of benzene rings is 1. The van der Waals surface area contributed by atoms with E-state index in [1.165, 1.54) is 13.0 Å². The van der Waals surface area contributed by atoms with E-state index in [2.05, 4.69) is 15.4 Å². The number of Topliss-reactive ketones (excluding diaryl/α,β-unsaturated/α-hetero) is 1. The fourth-order valence-corrected chi connectivity index (χ4v) is 4.04. The second-order valence-electron chi connectivity index (χ2n) is 7.82. The number of hydrogen-bond acceptors (Lipinski definition) is 8. The number of rotatable bonds is 6. The number of carbonyl (C=O) groups is 1. The molecule has 4 heterocycles.